The summed E-state index contributed by atoms with van der Waals surface area (Å²) in [7, 11) is 0. The van der Waals surface area contributed by atoms with Crippen LogP contribution in [0.4, 0.5) is 11.8 Å². The normalized spacial score (nSPS) is 19.8. The maximum atomic E-state index is 6.08. The highest BCUT2D eigenvalue weighted by molar-refractivity contribution is 5.86. The van der Waals surface area contributed by atoms with E-state index in [1.807, 2.05) is 12.4 Å². The van der Waals surface area contributed by atoms with Gasteiger partial charge in [-0.2, -0.15) is 9.97 Å². The fraction of sp³-hybridized carbons (Fsp3) is 0.522. The minimum absolute atomic E-state index is 0. The van der Waals surface area contributed by atoms with E-state index in [2.05, 4.69) is 39.5 Å². The Bertz CT molecular complexity index is 988. The Morgan fingerprint density at radius 2 is 1.56 bits per heavy atom. The Kier molecular flexibility index (Phi) is 12.7. The number of rotatable bonds is 6. The molecule has 4 N–H and O–H groups in total. The molecule has 190 valence electrons. The summed E-state index contributed by atoms with van der Waals surface area (Å²) in [6, 6.07) is 11.6. The Balaban J connectivity index is 0.00000144. The molecule has 0 unspecified atom stereocenters. The van der Waals surface area contributed by atoms with E-state index in [0.717, 1.165) is 42.7 Å². The summed E-state index contributed by atoms with van der Waals surface area (Å²) in [6.45, 7) is 0.709. The number of halogens is 4. The van der Waals surface area contributed by atoms with Gasteiger partial charge in [-0.05, 0) is 44.1 Å². The van der Waals surface area contributed by atoms with Gasteiger partial charge in [-0.1, -0.05) is 43.2 Å². The molecule has 0 aliphatic heterocycles. The van der Waals surface area contributed by atoms with Crippen LogP contribution in [0, 0.1) is 0 Å². The van der Waals surface area contributed by atoms with Crippen LogP contribution in [-0.4, -0.2) is 31.6 Å². The van der Waals surface area contributed by atoms with E-state index in [0.29, 0.717) is 30.6 Å². The predicted octanol–water partition coefficient (Wildman–Crippen LogP) is 5.92. The van der Waals surface area contributed by atoms with Crippen molar-refractivity contribution in [3.8, 4) is 0 Å². The Morgan fingerprint density at radius 1 is 0.882 bits per heavy atom. The quantitative estimate of drug-likeness (QED) is 0.352. The van der Waals surface area contributed by atoms with Crippen molar-refractivity contribution < 1.29 is 0 Å². The molecule has 2 fully saturated rings. The van der Waals surface area contributed by atoms with Crippen molar-refractivity contribution in [3.05, 3.63) is 42.2 Å². The highest BCUT2D eigenvalue weighted by Gasteiger charge is 2.23. The Labute approximate surface area is 226 Å². The highest BCUT2D eigenvalue weighted by Crippen LogP contribution is 2.33. The zero-order chi connectivity index (χ0) is 20.3. The van der Waals surface area contributed by atoms with E-state index in [-0.39, 0.29) is 49.6 Å². The van der Waals surface area contributed by atoms with Crippen LogP contribution in [0.15, 0.2) is 36.7 Å². The molecule has 0 atom stereocenters. The smallest absolute Gasteiger partial charge is 0.227 e. The molecule has 1 aromatic carbocycles. The SMILES string of the molecule is Cl.Cl.Cl.Cl.NC1CCC(Nc2nc(NCc3ccccc3)c3ncn(C4CCCC4)c3n2)CC1. The summed E-state index contributed by atoms with van der Waals surface area (Å²) in [5, 5.41) is 7.09. The second-order valence-corrected chi connectivity index (χ2v) is 8.75. The molecule has 2 saturated carbocycles. The molecule has 0 amide bonds. The van der Waals surface area contributed by atoms with Gasteiger partial charge in [0.1, 0.15) is 0 Å². The number of hydrogen-bond donors (Lipinski definition) is 3. The van der Waals surface area contributed by atoms with Gasteiger partial charge >= 0.3 is 0 Å². The van der Waals surface area contributed by atoms with Gasteiger partial charge in [0.05, 0.1) is 6.33 Å². The van der Waals surface area contributed by atoms with Crippen LogP contribution in [0.25, 0.3) is 11.2 Å². The molecular weight excluding hydrogens is 516 g/mol. The lowest BCUT2D eigenvalue weighted by Gasteiger charge is -2.27. The number of hydrogen-bond acceptors (Lipinski definition) is 6. The summed E-state index contributed by atoms with van der Waals surface area (Å²) in [5.41, 5.74) is 9.09. The first-order chi connectivity index (χ1) is 14.8. The maximum Gasteiger partial charge on any atom is 0.227 e. The van der Waals surface area contributed by atoms with Crippen LogP contribution in [-0.2, 0) is 6.54 Å². The molecule has 3 aromatic rings. The van der Waals surface area contributed by atoms with E-state index in [4.69, 9.17) is 20.7 Å². The molecule has 2 aromatic heterocycles. The van der Waals surface area contributed by atoms with Gasteiger partial charge in [0.15, 0.2) is 17.0 Å². The highest BCUT2D eigenvalue weighted by atomic mass is 35.5. The van der Waals surface area contributed by atoms with Crippen LogP contribution in [0.3, 0.4) is 0 Å². The third-order valence-electron chi connectivity index (χ3n) is 6.55. The van der Waals surface area contributed by atoms with Crippen LogP contribution in [0.2, 0.25) is 0 Å². The lowest BCUT2D eigenvalue weighted by atomic mass is 9.92. The lowest BCUT2D eigenvalue weighted by molar-refractivity contribution is 0.410. The summed E-state index contributed by atoms with van der Waals surface area (Å²) in [4.78, 5) is 14.4. The summed E-state index contributed by atoms with van der Waals surface area (Å²) in [6.07, 6.45) is 11.2. The number of nitrogens with two attached hydrogens (primary N) is 1. The second kappa shape index (κ2) is 14.1. The molecule has 0 bridgehead atoms. The van der Waals surface area contributed by atoms with Gasteiger partial charge < -0.3 is 20.9 Å². The van der Waals surface area contributed by atoms with Gasteiger partial charge in [0.25, 0.3) is 0 Å². The van der Waals surface area contributed by atoms with Gasteiger partial charge in [-0.25, -0.2) is 4.98 Å². The van der Waals surface area contributed by atoms with E-state index >= 15 is 0 Å². The van der Waals surface area contributed by atoms with E-state index in [9.17, 15) is 0 Å². The van der Waals surface area contributed by atoms with Gasteiger partial charge in [0.2, 0.25) is 5.95 Å². The lowest BCUT2D eigenvalue weighted by Crippen LogP contribution is -2.33. The van der Waals surface area contributed by atoms with Crippen molar-refractivity contribution in [2.75, 3.05) is 10.6 Å². The van der Waals surface area contributed by atoms with Gasteiger partial charge in [-0.15, -0.1) is 49.6 Å². The Morgan fingerprint density at radius 3 is 2.24 bits per heavy atom. The van der Waals surface area contributed by atoms with Crippen LogP contribution in [0.5, 0.6) is 0 Å². The topological polar surface area (TPSA) is 93.7 Å². The van der Waals surface area contributed by atoms with Crippen LogP contribution in [0.1, 0.15) is 63.0 Å². The van der Waals surface area contributed by atoms with E-state index < -0.39 is 0 Å². The first-order valence-corrected chi connectivity index (χ1v) is 11.3. The van der Waals surface area contributed by atoms with Gasteiger partial charge in [0, 0.05) is 24.7 Å². The first kappa shape index (κ1) is 30.5. The average molecular weight is 551 g/mol. The number of fused-ring (bicyclic) bond motifs is 1. The number of benzene rings is 1. The summed E-state index contributed by atoms with van der Waals surface area (Å²) >= 11 is 0. The van der Waals surface area contributed by atoms with Crippen LogP contribution < -0.4 is 16.4 Å². The zero-order valence-corrected chi connectivity index (χ0v) is 22.3. The fourth-order valence-electron chi connectivity index (χ4n) is 4.78. The maximum absolute atomic E-state index is 6.08. The fourth-order valence-corrected chi connectivity index (χ4v) is 4.78. The number of anilines is 2. The molecule has 0 radical (unpaired) electrons. The molecule has 2 heterocycles. The largest absolute Gasteiger partial charge is 0.364 e. The number of nitrogens with one attached hydrogen (secondary N) is 2. The van der Waals surface area contributed by atoms with Crippen molar-refractivity contribution in [3.63, 3.8) is 0 Å². The number of aromatic nitrogens is 4. The molecule has 0 spiro atoms. The minimum Gasteiger partial charge on any atom is -0.364 e. The van der Waals surface area contributed by atoms with Crippen molar-refractivity contribution in [1.82, 2.24) is 19.5 Å². The van der Waals surface area contributed by atoms with Crippen molar-refractivity contribution in [2.45, 2.75) is 76.0 Å². The number of nitrogens with zero attached hydrogens (tertiary/aromatic N) is 4. The molecule has 0 saturated heterocycles. The molecule has 11 heteroatoms. The van der Waals surface area contributed by atoms with E-state index in [1.54, 1.807) is 0 Å². The van der Waals surface area contributed by atoms with E-state index in [1.165, 1.54) is 31.2 Å². The van der Waals surface area contributed by atoms with Crippen LogP contribution >= 0.6 is 49.6 Å². The minimum atomic E-state index is 0. The monoisotopic (exact) mass is 549 g/mol. The zero-order valence-electron chi connectivity index (χ0n) is 19.1. The molecular formula is C23H35Cl4N7. The summed E-state index contributed by atoms with van der Waals surface area (Å²) < 4.78 is 2.26. The molecule has 2 aliphatic carbocycles. The molecule has 2 aliphatic rings. The average Bonchev–Trinajstić information content (AvgIpc) is 3.44. The molecule has 7 nitrogen and oxygen atoms in total. The molecule has 5 rings (SSSR count). The number of imidazole rings is 1. The van der Waals surface area contributed by atoms with Gasteiger partial charge in [-0.3, -0.25) is 0 Å². The standard InChI is InChI=1S/C23H31N7.4ClH/c24-17-10-12-18(13-11-17)27-23-28-21(25-14-16-6-2-1-3-7-16)20-22(29-23)30(15-26-20)19-8-4-5-9-19;;;;/h1-3,6-7,15,17-19H,4-5,8-14,24H2,(H2,25,27,28,29);4*1H. The van der Waals surface area contributed by atoms with Crippen molar-refractivity contribution >= 4 is 72.6 Å². The second-order valence-electron chi connectivity index (χ2n) is 8.75. The van der Waals surface area contributed by atoms with Crippen molar-refractivity contribution in [1.29, 1.82) is 0 Å². The molecule has 34 heavy (non-hydrogen) atoms. The van der Waals surface area contributed by atoms with Crippen molar-refractivity contribution in [2.24, 2.45) is 5.73 Å². The Hall–Kier alpha value is -1.51. The first-order valence-electron chi connectivity index (χ1n) is 11.3. The summed E-state index contributed by atoms with van der Waals surface area (Å²) in [5.74, 6) is 1.49. The third kappa shape index (κ3) is 7.01. The predicted molar refractivity (Wildman–Crippen MR) is 149 cm³/mol. The third-order valence-corrected chi connectivity index (χ3v) is 6.55.